The van der Waals surface area contributed by atoms with E-state index in [1.807, 2.05) is 0 Å². The smallest absolute Gasteiger partial charge is 0.327 e. The highest BCUT2D eigenvalue weighted by Crippen LogP contribution is 2.17. The predicted octanol–water partition coefficient (Wildman–Crippen LogP) is 0.954. The van der Waals surface area contributed by atoms with E-state index in [2.05, 4.69) is 11.8 Å². The number of halogens is 1. The van der Waals surface area contributed by atoms with Crippen LogP contribution >= 0.6 is 0 Å². The zero-order valence-corrected chi connectivity index (χ0v) is 11.6. The minimum absolute atomic E-state index is 0.0472. The quantitative estimate of drug-likeness (QED) is 0.666. The molecule has 1 N–H and O–H groups in total. The second kappa shape index (κ2) is 6.37. The van der Waals surface area contributed by atoms with Gasteiger partial charge >= 0.3 is 6.03 Å². The molecule has 3 amide bonds. The molecule has 6 heteroatoms. The van der Waals surface area contributed by atoms with Gasteiger partial charge in [0.1, 0.15) is 12.4 Å². The van der Waals surface area contributed by atoms with Crippen molar-refractivity contribution in [1.82, 2.24) is 9.80 Å². The SMILES string of the molecule is CN1CC(=O)N(Cc2ccc(F)cc2C#CCCO)C1=O. The van der Waals surface area contributed by atoms with Crippen LogP contribution in [-0.2, 0) is 11.3 Å². The Morgan fingerprint density at radius 2 is 2.14 bits per heavy atom. The van der Waals surface area contributed by atoms with Crippen LogP contribution in [0.4, 0.5) is 9.18 Å². The van der Waals surface area contributed by atoms with Crippen molar-refractivity contribution in [3.63, 3.8) is 0 Å². The Kier molecular flexibility index (Phi) is 4.55. The lowest BCUT2D eigenvalue weighted by molar-refractivity contribution is -0.125. The number of hydrogen-bond donors (Lipinski definition) is 1. The first-order chi connectivity index (χ1) is 10.0. The lowest BCUT2D eigenvalue weighted by Gasteiger charge is -2.15. The molecule has 1 aromatic carbocycles. The van der Waals surface area contributed by atoms with Gasteiger partial charge in [0, 0.05) is 19.0 Å². The third-order valence-electron chi connectivity index (χ3n) is 3.09. The second-order valence-corrected chi connectivity index (χ2v) is 4.70. The maximum absolute atomic E-state index is 13.3. The molecule has 0 bridgehead atoms. The van der Waals surface area contributed by atoms with Gasteiger partial charge in [0.2, 0.25) is 0 Å². The summed E-state index contributed by atoms with van der Waals surface area (Å²) in [6.07, 6.45) is 0.278. The maximum atomic E-state index is 13.3. The Labute approximate surface area is 122 Å². The van der Waals surface area contributed by atoms with Gasteiger partial charge in [-0.05, 0) is 17.7 Å². The van der Waals surface area contributed by atoms with Gasteiger partial charge in [0.05, 0.1) is 13.2 Å². The minimum Gasteiger partial charge on any atom is -0.395 e. The third-order valence-corrected chi connectivity index (χ3v) is 3.09. The van der Waals surface area contributed by atoms with Crippen LogP contribution < -0.4 is 0 Å². The van der Waals surface area contributed by atoms with Crippen LogP contribution in [0.5, 0.6) is 0 Å². The molecule has 1 heterocycles. The first kappa shape index (κ1) is 15.0. The number of hydrogen-bond acceptors (Lipinski definition) is 3. The van der Waals surface area contributed by atoms with Crippen molar-refractivity contribution in [2.45, 2.75) is 13.0 Å². The lowest BCUT2D eigenvalue weighted by Crippen LogP contribution is -2.31. The van der Waals surface area contributed by atoms with Gasteiger partial charge in [0.15, 0.2) is 0 Å². The molecule has 0 saturated carbocycles. The summed E-state index contributed by atoms with van der Waals surface area (Å²) in [5.41, 5.74) is 1.01. The van der Waals surface area contributed by atoms with Crippen molar-refractivity contribution in [3.05, 3.63) is 35.1 Å². The molecule has 5 nitrogen and oxygen atoms in total. The largest absolute Gasteiger partial charge is 0.395 e. The summed E-state index contributed by atoms with van der Waals surface area (Å²) in [5, 5.41) is 8.72. The maximum Gasteiger partial charge on any atom is 0.327 e. The van der Waals surface area contributed by atoms with E-state index in [0.717, 1.165) is 4.90 Å². The van der Waals surface area contributed by atoms with Crippen LogP contribution in [0.15, 0.2) is 18.2 Å². The van der Waals surface area contributed by atoms with E-state index in [1.54, 1.807) is 7.05 Å². The number of rotatable bonds is 3. The molecule has 110 valence electrons. The fraction of sp³-hybridized carbons (Fsp3) is 0.333. The monoisotopic (exact) mass is 290 g/mol. The number of aliphatic hydroxyl groups excluding tert-OH is 1. The summed E-state index contributed by atoms with van der Waals surface area (Å²) in [7, 11) is 1.55. The fourth-order valence-corrected chi connectivity index (χ4v) is 2.01. The van der Waals surface area contributed by atoms with Crippen molar-refractivity contribution >= 4 is 11.9 Å². The lowest BCUT2D eigenvalue weighted by atomic mass is 10.1. The first-order valence-corrected chi connectivity index (χ1v) is 6.46. The Hall–Kier alpha value is -2.39. The van der Waals surface area contributed by atoms with E-state index in [1.165, 1.54) is 23.1 Å². The molecular weight excluding hydrogens is 275 g/mol. The summed E-state index contributed by atoms with van der Waals surface area (Å²) in [4.78, 5) is 26.0. The molecule has 0 aliphatic carbocycles. The number of carbonyl (C=O) groups is 2. The zero-order chi connectivity index (χ0) is 15.4. The molecule has 1 aliphatic rings. The van der Waals surface area contributed by atoms with Gasteiger partial charge < -0.3 is 10.0 Å². The summed E-state index contributed by atoms with van der Waals surface area (Å²) < 4.78 is 13.3. The molecule has 1 aromatic rings. The first-order valence-electron chi connectivity index (χ1n) is 6.46. The van der Waals surface area contributed by atoms with Gasteiger partial charge in [-0.25, -0.2) is 9.18 Å². The van der Waals surface area contributed by atoms with E-state index in [-0.39, 0.29) is 38.1 Å². The number of aliphatic hydroxyl groups is 1. The van der Waals surface area contributed by atoms with Crippen LogP contribution in [0.3, 0.4) is 0 Å². The van der Waals surface area contributed by atoms with Gasteiger partial charge in [-0.15, -0.1) is 0 Å². The van der Waals surface area contributed by atoms with Crippen LogP contribution in [0, 0.1) is 17.7 Å². The highest BCUT2D eigenvalue weighted by Gasteiger charge is 2.33. The van der Waals surface area contributed by atoms with E-state index < -0.39 is 5.82 Å². The minimum atomic E-state index is -0.441. The average molecular weight is 290 g/mol. The van der Waals surface area contributed by atoms with E-state index in [0.29, 0.717) is 11.1 Å². The summed E-state index contributed by atoms with van der Waals surface area (Å²) in [5.74, 6) is 4.73. The van der Waals surface area contributed by atoms with E-state index >= 15 is 0 Å². The molecule has 1 saturated heterocycles. The normalized spacial score (nSPS) is 14.4. The standard InChI is InChI=1S/C15H15FN2O3/c1-17-10-14(20)18(15(17)21)9-12-5-6-13(16)8-11(12)4-2-3-7-19/h5-6,8,19H,3,7,9-10H2,1H3. The molecule has 0 unspecified atom stereocenters. The summed E-state index contributed by atoms with van der Waals surface area (Å²) in [6.45, 7) is 0.0303. The number of nitrogens with zero attached hydrogens (tertiary/aromatic N) is 2. The van der Waals surface area contributed by atoms with Crippen molar-refractivity contribution < 1.29 is 19.1 Å². The van der Waals surface area contributed by atoms with Gasteiger partial charge in [0.25, 0.3) is 5.91 Å². The summed E-state index contributed by atoms with van der Waals surface area (Å²) >= 11 is 0. The second-order valence-electron chi connectivity index (χ2n) is 4.70. The molecule has 0 aromatic heterocycles. The molecule has 0 atom stereocenters. The molecule has 0 radical (unpaired) electrons. The fourth-order valence-electron chi connectivity index (χ4n) is 2.01. The highest BCUT2D eigenvalue weighted by molar-refractivity contribution is 6.01. The Balaban J connectivity index is 2.26. The van der Waals surface area contributed by atoms with Crippen LogP contribution in [-0.4, -0.2) is 47.0 Å². The van der Waals surface area contributed by atoms with Crippen molar-refractivity contribution in [2.24, 2.45) is 0 Å². The van der Waals surface area contributed by atoms with Crippen molar-refractivity contribution in [3.8, 4) is 11.8 Å². The van der Waals surface area contributed by atoms with Gasteiger partial charge in [-0.3, -0.25) is 9.69 Å². The van der Waals surface area contributed by atoms with E-state index in [4.69, 9.17) is 5.11 Å². The number of likely N-dealkylation sites (N-methyl/N-ethyl adjacent to an activating group) is 1. The van der Waals surface area contributed by atoms with Crippen LogP contribution in [0.1, 0.15) is 17.5 Å². The third kappa shape index (κ3) is 3.38. The van der Waals surface area contributed by atoms with E-state index in [9.17, 15) is 14.0 Å². The summed E-state index contributed by atoms with van der Waals surface area (Å²) in [6, 6.07) is 3.66. The Morgan fingerprint density at radius 1 is 1.38 bits per heavy atom. The molecule has 21 heavy (non-hydrogen) atoms. The predicted molar refractivity (Wildman–Crippen MR) is 73.6 cm³/mol. The average Bonchev–Trinajstić information content (AvgIpc) is 2.68. The Morgan fingerprint density at radius 3 is 2.76 bits per heavy atom. The van der Waals surface area contributed by atoms with Crippen LogP contribution in [0.25, 0.3) is 0 Å². The zero-order valence-electron chi connectivity index (χ0n) is 11.6. The van der Waals surface area contributed by atoms with Crippen molar-refractivity contribution in [1.29, 1.82) is 0 Å². The van der Waals surface area contributed by atoms with Gasteiger partial charge in [-0.2, -0.15) is 0 Å². The van der Waals surface area contributed by atoms with Crippen LogP contribution in [0.2, 0.25) is 0 Å². The van der Waals surface area contributed by atoms with Crippen molar-refractivity contribution in [2.75, 3.05) is 20.2 Å². The molecular formula is C15H15FN2O3. The number of benzene rings is 1. The Bertz CT molecular complexity index is 634. The molecule has 1 aliphatic heterocycles. The molecule has 1 fully saturated rings. The highest BCUT2D eigenvalue weighted by atomic mass is 19.1. The number of amides is 3. The number of imide groups is 1. The molecule has 0 spiro atoms. The molecule has 2 rings (SSSR count). The topological polar surface area (TPSA) is 60.9 Å². The number of urea groups is 1. The van der Waals surface area contributed by atoms with Gasteiger partial charge in [-0.1, -0.05) is 17.9 Å². The number of carbonyl (C=O) groups excluding carboxylic acids is 2.